The molecule has 3 aromatic rings. The number of carbonyl (C=O) groups excluding carboxylic acids is 1. The van der Waals surface area contributed by atoms with Crippen molar-refractivity contribution >= 4 is 27.3 Å². The van der Waals surface area contributed by atoms with Gasteiger partial charge in [0.2, 0.25) is 0 Å². The molecule has 2 aliphatic rings. The molecule has 4 heterocycles. The molecule has 0 aliphatic carbocycles. The summed E-state index contributed by atoms with van der Waals surface area (Å²) in [4.78, 5) is 20.0. The van der Waals surface area contributed by atoms with Crippen molar-refractivity contribution < 1.29 is 13.9 Å². The first-order chi connectivity index (χ1) is 13.2. The van der Waals surface area contributed by atoms with Gasteiger partial charge in [0, 0.05) is 35.8 Å². The minimum absolute atomic E-state index is 0.0731. The standard InChI is InChI=1S/C21H19FN2O2S/c22-14-3-6-19-13(8-14)9-20(27-19)21(25)24-15-4-5-16(24)11-18(10-15)26-17-2-1-7-23-12-17/h1-3,6-9,12,15-16,18H,4-5,10-11H2/t15-,16-/m0/s1. The van der Waals surface area contributed by atoms with Crippen molar-refractivity contribution in [3.63, 3.8) is 0 Å². The second-order valence-electron chi connectivity index (χ2n) is 7.29. The number of piperidine rings is 1. The van der Waals surface area contributed by atoms with Crippen LogP contribution in [0.2, 0.25) is 0 Å². The number of ether oxygens (including phenoxy) is 1. The Hall–Kier alpha value is -2.47. The third-order valence-corrected chi connectivity index (χ3v) is 6.65. The first-order valence-electron chi connectivity index (χ1n) is 9.26. The molecule has 2 bridgehead atoms. The summed E-state index contributed by atoms with van der Waals surface area (Å²) < 4.78 is 20.5. The fourth-order valence-electron chi connectivity index (χ4n) is 4.41. The molecule has 2 aromatic heterocycles. The van der Waals surface area contributed by atoms with Gasteiger partial charge in [-0.3, -0.25) is 9.78 Å². The highest BCUT2D eigenvalue weighted by atomic mass is 32.1. The van der Waals surface area contributed by atoms with Gasteiger partial charge in [-0.05, 0) is 54.6 Å². The van der Waals surface area contributed by atoms with Crippen molar-refractivity contribution in [3.8, 4) is 5.75 Å². The van der Waals surface area contributed by atoms with Crippen molar-refractivity contribution in [3.05, 3.63) is 59.5 Å². The maximum Gasteiger partial charge on any atom is 0.264 e. The van der Waals surface area contributed by atoms with Gasteiger partial charge in [-0.15, -0.1) is 11.3 Å². The smallest absolute Gasteiger partial charge is 0.264 e. The minimum atomic E-state index is -0.271. The summed E-state index contributed by atoms with van der Waals surface area (Å²) in [5.41, 5.74) is 0. The van der Waals surface area contributed by atoms with Crippen molar-refractivity contribution in [1.82, 2.24) is 9.88 Å². The molecule has 1 amide bonds. The molecule has 27 heavy (non-hydrogen) atoms. The lowest BCUT2D eigenvalue weighted by Gasteiger charge is -2.38. The average molecular weight is 382 g/mol. The molecule has 0 unspecified atom stereocenters. The zero-order valence-corrected chi connectivity index (χ0v) is 15.5. The lowest BCUT2D eigenvalue weighted by Crippen LogP contribution is -2.49. The molecule has 0 saturated carbocycles. The molecule has 0 radical (unpaired) electrons. The van der Waals surface area contributed by atoms with E-state index in [0.717, 1.165) is 41.5 Å². The van der Waals surface area contributed by atoms with Gasteiger partial charge in [-0.2, -0.15) is 0 Å². The number of fused-ring (bicyclic) bond motifs is 3. The van der Waals surface area contributed by atoms with Crippen LogP contribution in [-0.4, -0.2) is 34.0 Å². The zero-order valence-electron chi connectivity index (χ0n) is 14.7. The summed E-state index contributed by atoms with van der Waals surface area (Å²) >= 11 is 1.45. The van der Waals surface area contributed by atoms with E-state index in [1.807, 2.05) is 23.1 Å². The first-order valence-corrected chi connectivity index (χ1v) is 10.1. The summed E-state index contributed by atoms with van der Waals surface area (Å²) in [6.07, 6.45) is 7.30. The maximum atomic E-state index is 13.4. The molecule has 0 N–H and O–H groups in total. The molecule has 2 saturated heterocycles. The van der Waals surface area contributed by atoms with Gasteiger partial charge < -0.3 is 9.64 Å². The van der Waals surface area contributed by atoms with E-state index < -0.39 is 0 Å². The minimum Gasteiger partial charge on any atom is -0.489 e. The lowest BCUT2D eigenvalue weighted by molar-refractivity contribution is 0.0362. The molecule has 5 rings (SSSR count). The van der Waals surface area contributed by atoms with E-state index in [9.17, 15) is 9.18 Å². The van der Waals surface area contributed by atoms with Crippen LogP contribution >= 0.6 is 11.3 Å². The number of amides is 1. The Labute approximate surface area is 160 Å². The Bertz CT molecular complexity index is 976. The molecule has 1 aromatic carbocycles. The maximum absolute atomic E-state index is 13.4. The highest BCUT2D eigenvalue weighted by Crippen LogP contribution is 2.39. The zero-order chi connectivity index (χ0) is 18.4. The van der Waals surface area contributed by atoms with Gasteiger partial charge in [0.15, 0.2) is 0 Å². The van der Waals surface area contributed by atoms with Gasteiger partial charge in [0.05, 0.1) is 11.1 Å². The number of halogens is 1. The van der Waals surface area contributed by atoms with Crippen LogP contribution in [0.25, 0.3) is 10.1 Å². The summed E-state index contributed by atoms with van der Waals surface area (Å²) in [5.74, 6) is 0.588. The van der Waals surface area contributed by atoms with Crippen LogP contribution in [-0.2, 0) is 0 Å². The third kappa shape index (κ3) is 3.08. The van der Waals surface area contributed by atoms with Crippen LogP contribution in [0, 0.1) is 5.82 Å². The first kappa shape index (κ1) is 16.7. The lowest BCUT2D eigenvalue weighted by atomic mass is 9.99. The normalized spacial score (nSPS) is 24.3. The molecule has 2 aliphatic heterocycles. The fraction of sp³-hybridized carbons (Fsp3) is 0.333. The Morgan fingerprint density at radius 2 is 2.00 bits per heavy atom. The SMILES string of the molecule is O=C(c1cc2cc(F)ccc2s1)N1[C@H]2CC[C@H]1CC(Oc1cccnc1)C2. The van der Waals surface area contributed by atoms with Crippen LogP contribution < -0.4 is 4.74 Å². The second-order valence-corrected chi connectivity index (χ2v) is 8.37. The number of thiophene rings is 1. The molecule has 6 heteroatoms. The van der Waals surface area contributed by atoms with Crippen LogP contribution in [0.5, 0.6) is 5.75 Å². The van der Waals surface area contributed by atoms with Crippen molar-refractivity contribution in [2.45, 2.75) is 43.9 Å². The van der Waals surface area contributed by atoms with Gasteiger partial charge in [-0.25, -0.2) is 4.39 Å². The molecular weight excluding hydrogens is 363 g/mol. The van der Waals surface area contributed by atoms with Gasteiger partial charge >= 0.3 is 0 Å². The van der Waals surface area contributed by atoms with E-state index in [1.165, 1.54) is 23.5 Å². The number of hydrogen-bond acceptors (Lipinski definition) is 4. The number of aromatic nitrogens is 1. The molecule has 0 spiro atoms. The van der Waals surface area contributed by atoms with E-state index in [0.29, 0.717) is 4.88 Å². The Morgan fingerprint density at radius 3 is 2.74 bits per heavy atom. The van der Waals surface area contributed by atoms with Crippen molar-refractivity contribution in [2.24, 2.45) is 0 Å². The van der Waals surface area contributed by atoms with Crippen molar-refractivity contribution in [2.75, 3.05) is 0 Å². The molecule has 2 atom stereocenters. The van der Waals surface area contributed by atoms with E-state index in [-0.39, 0.29) is 29.9 Å². The average Bonchev–Trinajstić information content (AvgIpc) is 3.20. The summed E-state index contributed by atoms with van der Waals surface area (Å²) in [6, 6.07) is 10.7. The number of benzene rings is 1. The van der Waals surface area contributed by atoms with Crippen LogP contribution in [0.3, 0.4) is 0 Å². The van der Waals surface area contributed by atoms with E-state index in [1.54, 1.807) is 18.5 Å². The highest BCUT2D eigenvalue weighted by Gasteiger charge is 2.44. The predicted molar refractivity (Wildman–Crippen MR) is 103 cm³/mol. The highest BCUT2D eigenvalue weighted by molar-refractivity contribution is 7.20. The molecular formula is C21H19FN2O2S. The fourth-order valence-corrected chi connectivity index (χ4v) is 5.40. The van der Waals surface area contributed by atoms with Crippen LogP contribution in [0.15, 0.2) is 48.8 Å². The Balaban J connectivity index is 1.34. The van der Waals surface area contributed by atoms with Gasteiger partial charge in [-0.1, -0.05) is 0 Å². The largest absolute Gasteiger partial charge is 0.489 e. The van der Waals surface area contributed by atoms with E-state index in [4.69, 9.17) is 4.74 Å². The molecule has 4 nitrogen and oxygen atoms in total. The Kier molecular flexibility index (Phi) is 4.08. The monoisotopic (exact) mass is 382 g/mol. The molecule has 138 valence electrons. The number of carbonyl (C=O) groups is 1. The predicted octanol–water partition coefficient (Wildman–Crippen LogP) is 4.65. The van der Waals surface area contributed by atoms with Gasteiger partial charge in [0.25, 0.3) is 5.91 Å². The summed E-state index contributed by atoms with van der Waals surface area (Å²) in [5, 5.41) is 0.797. The summed E-state index contributed by atoms with van der Waals surface area (Å²) in [7, 11) is 0. The Morgan fingerprint density at radius 1 is 1.19 bits per heavy atom. The number of hydrogen-bond donors (Lipinski definition) is 0. The quantitative estimate of drug-likeness (QED) is 0.662. The summed E-state index contributed by atoms with van der Waals surface area (Å²) in [6.45, 7) is 0. The third-order valence-electron chi connectivity index (χ3n) is 5.55. The van der Waals surface area contributed by atoms with Crippen LogP contribution in [0.4, 0.5) is 4.39 Å². The van der Waals surface area contributed by atoms with E-state index in [2.05, 4.69) is 4.98 Å². The van der Waals surface area contributed by atoms with E-state index >= 15 is 0 Å². The molecule has 2 fully saturated rings. The van der Waals surface area contributed by atoms with Crippen molar-refractivity contribution in [1.29, 1.82) is 0 Å². The van der Waals surface area contributed by atoms with Crippen LogP contribution in [0.1, 0.15) is 35.4 Å². The van der Waals surface area contributed by atoms with Gasteiger partial charge in [0.1, 0.15) is 17.7 Å². The number of pyridine rings is 1. The second kappa shape index (κ2) is 6.60. The number of nitrogens with zero attached hydrogens (tertiary/aromatic N) is 2. The number of rotatable bonds is 3. The topological polar surface area (TPSA) is 42.4 Å².